The van der Waals surface area contributed by atoms with Crippen LogP contribution in [0.15, 0.2) is 0 Å². The first kappa shape index (κ1) is 20.2. The molecule has 0 aromatic carbocycles. The number of fused-ring (bicyclic) bond motifs is 1. The molecule has 3 heterocycles. The Hall–Kier alpha value is -1.55. The normalized spacial score (nSPS) is 27.8. The van der Waals surface area contributed by atoms with E-state index >= 15 is 0 Å². The summed E-state index contributed by atoms with van der Waals surface area (Å²) >= 11 is 0. The van der Waals surface area contributed by atoms with Crippen LogP contribution >= 0.6 is 0 Å². The maximum absolute atomic E-state index is 12.4. The molecule has 3 amide bonds. The van der Waals surface area contributed by atoms with Crippen LogP contribution in [0.4, 0.5) is 18.0 Å². The van der Waals surface area contributed by atoms with E-state index in [1.54, 1.807) is 4.90 Å². The van der Waals surface area contributed by atoms with Gasteiger partial charge in [-0.15, -0.1) is 0 Å². The van der Waals surface area contributed by atoms with Crippen molar-refractivity contribution in [1.29, 1.82) is 0 Å². The second-order valence-corrected chi connectivity index (χ2v) is 7.61. The Balaban J connectivity index is 1.33. The Bertz CT molecular complexity index is 538. The Morgan fingerprint density at radius 1 is 1.22 bits per heavy atom. The van der Waals surface area contributed by atoms with Gasteiger partial charge < -0.3 is 20.3 Å². The summed E-state index contributed by atoms with van der Waals surface area (Å²) in [5.41, 5.74) is 0. The molecule has 3 saturated heterocycles. The molecule has 3 aliphatic heterocycles. The molecule has 0 aromatic rings. The Morgan fingerprint density at radius 3 is 2.67 bits per heavy atom. The fourth-order valence-corrected chi connectivity index (χ4v) is 4.07. The summed E-state index contributed by atoms with van der Waals surface area (Å²) in [5, 5.41) is 5.76. The average molecular weight is 392 g/mol. The average Bonchev–Trinajstić information content (AvgIpc) is 2.61. The number of rotatable bonds is 4. The van der Waals surface area contributed by atoms with Gasteiger partial charge in [0.2, 0.25) is 5.91 Å². The number of ether oxygens (including phenoxy) is 1. The van der Waals surface area contributed by atoms with E-state index in [2.05, 4.69) is 10.6 Å². The smallest absolute Gasteiger partial charge is 0.366 e. The molecule has 3 aliphatic rings. The maximum atomic E-state index is 12.4. The number of carbonyl (C=O) groups excluding carboxylic acids is 2. The summed E-state index contributed by atoms with van der Waals surface area (Å²) in [6.45, 7) is 1.66. The Kier molecular flexibility index (Phi) is 6.46. The summed E-state index contributed by atoms with van der Waals surface area (Å²) in [6, 6.07) is -0.327. The lowest BCUT2D eigenvalue weighted by Crippen LogP contribution is -2.62. The molecule has 0 unspecified atom stereocenters. The second-order valence-electron chi connectivity index (χ2n) is 7.61. The number of carbonyl (C=O) groups is 2. The van der Waals surface area contributed by atoms with E-state index in [0.29, 0.717) is 45.1 Å². The van der Waals surface area contributed by atoms with E-state index in [0.717, 1.165) is 19.3 Å². The van der Waals surface area contributed by atoms with Crippen LogP contribution in [0.25, 0.3) is 0 Å². The third-order valence-corrected chi connectivity index (χ3v) is 5.55. The second kappa shape index (κ2) is 8.64. The van der Waals surface area contributed by atoms with Crippen molar-refractivity contribution in [2.24, 2.45) is 5.92 Å². The zero-order valence-electron chi connectivity index (χ0n) is 15.3. The van der Waals surface area contributed by atoms with Gasteiger partial charge in [-0.3, -0.25) is 9.69 Å². The standard InChI is InChI=1S/C17H27F3N4O3/c18-17(19,20)11-23-6-2-12(3-7-23)1-5-21-16(26)24-8-4-14-13(9-24)22-15(25)10-27-14/h12-14H,1-11H2,(H,21,26)(H,22,25)/t13-,14-/m0/s1. The van der Waals surface area contributed by atoms with E-state index in [1.165, 1.54) is 4.90 Å². The first-order chi connectivity index (χ1) is 12.8. The fraction of sp³-hybridized carbons (Fsp3) is 0.882. The topological polar surface area (TPSA) is 73.9 Å². The third-order valence-electron chi connectivity index (χ3n) is 5.55. The van der Waals surface area contributed by atoms with E-state index < -0.39 is 12.7 Å². The lowest BCUT2D eigenvalue weighted by atomic mass is 9.93. The number of hydrogen-bond acceptors (Lipinski definition) is 4. The van der Waals surface area contributed by atoms with Crippen molar-refractivity contribution in [3.05, 3.63) is 0 Å². The molecule has 7 nitrogen and oxygen atoms in total. The highest BCUT2D eigenvalue weighted by Gasteiger charge is 2.36. The van der Waals surface area contributed by atoms with Crippen molar-refractivity contribution in [3.8, 4) is 0 Å². The Labute approximate surface area is 156 Å². The van der Waals surface area contributed by atoms with Gasteiger partial charge in [0.15, 0.2) is 0 Å². The molecule has 0 radical (unpaired) electrons. The van der Waals surface area contributed by atoms with Crippen LogP contribution in [0.3, 0.4) is 0 Å². The van der Waals surface area contributed by atoms with Gasteiger partial charge in [0.05, 0.1) is 18.7 Å². The molecule has 0 saturated carbocycles. The van der Waals surface area contributed by atoms with Crippen LogP contribution in [0, 0.1) is 5.92 Å². The van der Waals surface area contributed by atoms with Crippen molar-refractivity contribution >= 4 is 11.9 Å². The highest BCUT2D eigenvalue weighted by atomic mass is 19.4. The molecule has 0 aromatic heterocycles. The van der Waals surface area contributed by atoms with Crippen molar-refractivity contribution in [2.45, 2.75) is 44.0 Å². The van der Waals surface area contributed by atoms with Gasteiger partial charge in [0, 0.05) is 19.6 Å². The van der Waals surface area contributed by atoms with Crippen LogP contribution < -0.4 is 10.6 Å². The fourth-order valence-electron chi connectivity index (χ4n) is 4.07. The number of hydrogen-bond donors (Lipinski definition) is 2. The van der Waals surface area contributed by atoms with Gasteiger partial charge in [0.25, 0.3) is 0 Å². The molecule has 0 aliphatic carbocycles. The van der Waals surface area contributed by atoms with E-state index in [-0.39, 0.29) is 30.7 Å². The monoisotopic (exact) mass is 392 g/mol. The maximum Gasteiger partial charge on any atom is 0.401 e. The van der Waals surface area contributed by atoms with Crippen LogP contribution in [-0.4, -0.2) is 85.9 Å². The molecule has 3 fully saturated rings. The largest absolute Gasteiger partial charge is 0.401 e. The summed E-state index contributed by atoms with van der Waals surface area (Å²) in [6.07, 6.45) is -1.27. The predicted octanol–water partition coefficient (Wildman–Crippen LogP) is 0.950. The lowest BCUT2D eigenvalue weighted by Gasteiger charge is -2.41. The molecule has 27 heavy (non-hydrogen) atoms. The van der Waals surface area contributed by atoms with Crippen molar-refractivity contribution in [2.75, 3.05) is 45.9 Å². The van der Waals surface area contributed by atoms with Crippen molar-refractivity contribution in [3.63, 3.8) is 0 Å². The van der Waals surface area contributed by atoms with E-state index in [1.807, 2.05) is 0 Å². The third kappa shape index (κ3) is 5.97. The number of morpholine rings is 1. The number of piperidine rings is 2. The Morgan fingerprint density at radius 2 is 1.96 bits per heavy atom. The quantitative estimate of drug-likeness (QED) is 0.747. The number of amides is 3. The molecule has 154 valence electrons. The minimum atomic E-state index is -4.14. The van der Waals surface area contributed by atoms with E-state index in [9.17, 15) is 22.8 Å². The number of halogens is 3. The highest BCUT2D eigenvalue weighted by molar-refractivity contribution is 5.79. The van der Waals surface area contributed by atoms with Crippen LogP contribution in [-0.2, 0) is 9.53 Å². The predicted molar refractivity (Wildman–Crippen MR) is 91.1 cm³/mol. The number of nitrogens with zero attached hydrogens (tertiary/aromatic N) is 2. The summed E-state index contributed by atoms with van der Waals surface area (Å²) in [4.78, 5) is 26.9. The molecular weight excluding hydrogens is 365 g/mol. The molecule has 0 spiro atoms. The molecule has 0 bridgehead atoms. The van der Waals surface area contributed by atoms with Crippen LogP contribution in [0.5, 0.6) is 0 Å². The number of nitrogens with one attached hydrogen (secondary N) is 2. The van der Waals surface area contributed by atoms with Crippen molar-refractivity contribution < 1.29 is 27.5 Å². The number of alkyl halides is 3. The van der Waals surface area contributed by atoms with Gasteiger partial charge in [-0.05, 0) is 44.7 Å². The summed E-state index contributed by atoms with van der Waals surface area (Å²) in [7, 11) is 0. The zero-order chi connectivity index (χ0) is 19.4. The first-order valence-corrected chi connectivity index (χ1v) is 9.53. The number of urea groups is 1. The van der Waals surface area contributed by atoms with Gasteiger partial charge in [-0.2, -0.15) is 13.2 Å². The van der Waals surface area contributed by atoms with Crippen LogP contribution in [0.1, 0.15) is 25.7 Å². The highest BCUT2D eigenvalue weighted by Crippen LogP contribution is 2.24. The SMILES string of the molecule is O=C1CO[C@H]2CCN(C(=O)NCCC3CCN(CC(F)(F)F)CC3)C[C@@H]2N1. The first-order valence-electron chi connectivity index (χ1n) is 9.53. The lowest BCUT2D eigenvalue weighted by molar-refractivity contribution is -0.148. The molecule has 2 atom stereocenters. The molecule has 2 N–H and O–H groups in total. The van der Waals surface area contributed by atoms with Gasteiger partial charge in [-0.25, -0.2) is 4.79 Å². The molecule has 3 rings (SSSR count). The van der Waals surface area contributed by atoms with Gasteiger partial charge in [-0.1, -0.05) is 0 Å². The van der Waals surface area contributed by atoms with Crippen molar-refractivity contribution in [1.82, 2.24) is 20.4 Å². The van der Waals surface area contributed by atoms with Gasteiger partial charge >= 0.3 is 12.2 Å². The van der Waals surface area contributed by atoms with E-state index in [4.69, 9.17) is 4.74 Å². The molecule has 10 heteroatoms. The van der Waals surface area contributed by atoms with Gasteiger partial charge in [0.1, 0.15) is 6.61 Å². The summed E-state index contributed by atoms with van der Waals surface area (Å²) < 4.78 is 42.7. The minimum Gasteiger partial charge on any atom is -0.366 e. The van der Waals surface area contributed by atoms with Crippen LogP contribution in [0.2, 0.25) is 0 Å². The summed E-state index contributed by atoms with van der Waals surface area (Å²) in [5.74, 6) is 0.182. The zero-order valence-corrected chi connectivity index (χ0v) is 15.3. The molecular formula is C17H27F3N4O3. The number of likely N-dealkylation sites (tertiary alicyclic amines) is 2. The minimum absolute atomic E-state index is 0.0337.